The lowest BCUT2D eigenvalue weighted by molar-refractivity contribution is 0.338. The third-order valence-corrected chi connectivity index (χ3v) is 3.95. The lowest BCUT2D eigenvalue weighted by Gasteiger charge is -2.26. The molecule has 4 heteroatoms. The third kappa shape index (κ3) is 2.63. The molecule has 1 aliphatic rings. The molecule has 0 amide bonds. The van der Waals surface area contributed by atoms with Crippen LogP contribution in [0.15, 0.2) is 12.1 Å². The van der Waals surface area contributed by atoms with Crippen molar-refractivity contribution < 1.29 is 9.47 Å². The summed E-state index contributed by atoms with van der Waals surface area (Å²) in [6, 6.07) is 4.15. The molecular formula is C15H24N2O2. The van der Waals surface area contributed by atoms with E-state index in [0.29, 0.717) is 0 Å². The van der Waals surface area contributed by atoms with Crippen LogP contribution >= 0.6 is 0 Å². The van der Waals surface area contributed by atoms with E-state index in [1.54, 1.807) is 14.2 Å². The van der Waals surface area contributed by atoms with Gasteiger partial charge in [-0.05, 0) is 38.7 Å². The fourth-order valence-corrected chi connectivity index (χ4v) is 2.60. The topological polar surface area (TPSA) is 33.7 Å². The molecule has 1 aromatic carbocycles. The number of nitrogens with one attached hydrogen (secondary N) is 1. The monoisotopic (exact) mass is 264 g/mol. The van der Waals surface area contributed by atoms with Gasteiger partial charge >= 0.3 is 0 Å². The Morgan fingerprint density at radius 1 is 1.21 bits per heavy atom. The van der Waals surface area contributed by atoms with E-state index in [-0.39, 0.29) is 5.41 Å². The second-order valence-electron chi connectivity index (χ2n) is 5.72. The first-order chi connectivity index (χ1) is 9.00. The molecule has 0 spiro atoms. The van der Waals surface area contributed by atoms with Gasteiger partial charge in [0.05, 0.1) is 14.2 Å². The van der Waals surface area contributed by atoms with Crippen LogP contribution in [0.3, 0.4) is 0 Å². The summed E-state index contributed by atoms with van der Waals surface area (Å²) in [7, 11) is 7.58. The van der Waals surface area contributed by atoms with Crippen molar-refractivity contribution in [1.82, 2.24) is 4.90 Å². The molecule has 0 aliphatic carbocycles. The van der Waals surface area contributed by atoms with Crippen molar-refractivity contribution in [2.45, 2.75) is 18.8 Å². The lowest BCUT2D eigenvalue weighted by atomic mass is 9.81. The number of nitrogens with zero attached hydrogens (tertiary/aromatic N) is 1. The van der Waals surface area contributed by atoms with E-state index in [2.05, 4.69) is 37.3 Å². The normalized spacial score (nSPS) is 21.2. The van der Waals surface area contributed by atoms with Gasteiger partial charge in [-0.1, -0.05) is 6.92 Å². The summed E-state index contributed by atoms with van der Waals surface area (Å²) >= 11 is 0. The SMILES string of the molecule is COc1cc2c(cc1OC)C(C)(CCN(C)C)CN2. The minimum atomic E-state index is 0.152. The fourth-order valence-electron chi connectivity index (χ4n) is 2.60. The highest BCUT2D eigenvalue weighted by atomic mass is 16.5. The molecule has 1 heterocycles. The Kier molecular flexibility index (Phi) is 3.90. The van der Waals surface area contributed by atoms with Gasteiger partial charge in [-0.3, -0.25) is 0 Å². The Labute approximate surface area is 115 Å². The first kappa shape index (κ1) is 14.0. The maximum atomic E-state index is 5.42. The highest BCUT2D eigenvalue weighted by molar-refractivity contribution is 5.66. The van der Waals surface area contributed by atoms with E-state index >= 15 is 0 Å². The van der Waals surface area contributed by atoms with E-state index in [1.165, 1.54) is 11.3 Å². The van der Waals surface area contributed by atoms with E-state index in [4.69, 9.17) is 9.47 Å². The Morgan fingerprint density at radius 3 is 2.42 bits per heavy atom. The Hall–Kier alpha value is -1.42. The van der Waals surface area contributed by atoms with Crippen LogP contribution in [0.4, 0.5) is 5.69 Å². The Morgan fingerprint density at radius 2 is 1.84 bits per heavy atom. The average Bonchev–Trinajstić information content (AvgIpc) is 2.72. The predicted molar refractivity (Wildman–Crippen MR) is 78.6 cm³/mol. The van der Waals surface area contributed by atoms with E-state index in [9.17, 15) is 0 Å². The number of methoxy groups -OCH3 is 2. The van der Waals surface area contributed by atoms with Crippen LogP contribution in [0.5, 0.6) is 11.5 Å². The molecule has 0 radical (unpaired) electrons. The molecule has 0 saturated carbocycles. The number of benzene rings is 1. The summed E-state index contributed by atoms with van der Waals surface area (Å²) in [5, 5.41) is 3.49. The number of ether oxygens (including phenoxy) is 2. The second kappa shape index (κ2) is 5.29. The van der Waals surface area contributed by atoms with Crippen LogP contribution in [0, 0.1) is 0 Å². The van der Waals surface area contributed by atoms with Gasteiger partial charge in [0.15, 0.2) is 11.5 Å². The van der Waals surface area contributed by atoms with Crippen molar-refractivity contribution in [2.75, 3.05) is 46.7 Å². The molecule has 106 valence electrons. The van der Waals surface area contributed by atoms with Crippen molar-refractivity contribution >= 4 is 5.69 Å². The van der Waals surface area contributed by atoms with E-state index < -0.39 is 0 Å². The minimum Gasteiger partial charge on any atom is -0.493 e. The van der Waals surface area contributed by atoms with Gasteiger partial charge in [0, 0.05) is 23.7 Å². The maximum absolute atomic E-state index is 5.42. The first-order valence-electron chi connectivity index (χ1n) is 6.65. The molecule has 0 bridgehead atoms. The van der Waals surface area contributed by atoms with Gasteiger partial charge < -0.3 is 19.7 Å². The summed E-state index contributed by atoms with van der Waals surface area (Å²) in [5.41, 5.74) is 2.64. The van der Waals surface area contributed by atoms with Gasteiger partial charge in [0.25, 0.3) is 0 Å². The zero-order valence-electron chi connectivity index (χ0n) is 12.5. The maximum Gasteiger partial charge on any atom is 0.162 e. The molecule has 19 heavy (non-hydrogen) atoms. The molecule has 2 rings (SSSR count). The predicted octanol–water partition coefficient (Wildman–Crippen LogP) is 2.34. The number of fused-ring (bicyclic) bond motifs is 1. The summed E-state index contributed by atoms with van der Waals surface area (Å²) < 4.78 is 10.8. The molecule has 1 unspecified atom stereocenters. The van der Waals surface area contributed by atoms with Crippen LogP contribution in [0.25, 0.3) is 0 Å². The van der Waals surface area contributed by atoms with E-state index in [0.717, 1.165) is 31.0 Å². The molecule has 0 saturated heterocycles. The summed E-state index contributed by atoms with van der Waals surface area (Å²) in [6.45, 7) is 4.35. The summed E-state index contributed by atoms with van der Waals surface area (Å²) in [6.07, 6.45) is 1.12. The van der Waals surface area contributed by atoms with Gasteiger partial charge in [-0.25, -0.2) is 0 Å². The van der Waals surface area contributed by atoms with Crippen LogP contribution in [0.2, 0.25) is 0 Å². The van der Waals surface area contributed by atoms with Crippen molar-refractivity contribution in [2.24, 2.45) is 0 Å². The molecule has 1 N–H and O–H groups in total. The molecule has 4 nitrogen and oxygen atoms in total. The lowest BCUT2D eigenvalue weighted by Crippen LogP contribution is -2.29. The van der Waals surface area contributed by atoms with Crippen molar-refractivity contribution in [1.29, 1.82) is 0 Å². The number of hydrogen-bond donors (Lipinski definition) is 1. The molecule has 1 aromatic rings. The van der Waals surface area contributed by atoms with Gasteiger partial charge in [-0.15, -0.1) is 0 Å². The fraction of sp³-hybridized carbons (Fsp3) is 0.600. The third-order valence-electron chi connectivity index (χ3n) is 3.95. The van der Waals surface area contributed by atoms with Crippen LogP contribution in [-0.2, 0) is 5.41 Å². The summed E-state index contributed by atoms with van der Waals surface area (Å²) in [5.74, 6) is 1.59. The molecule has 1 aliphatic heterocycles. The molecule has 1 atom stereocenters. The van der Waals surface area contributed by atoms with Gasteiger partial charge in [-0.2, -0.15) is 0 Å². The zero-order valence-corrected chi connectivity index (χ0v) is 12.5. The molecule has 0 fully saturated rings. The largest absolute Gasteiger partial charge is 0.493 e. The minimum absolute atomic E-state index is 0.152. The Bertz CT molecular complexity index is 460. The van der Waals surface area contributed by atoms with Crippen molar-refractivity contribution in [3.05, 3.63) is 17.7 Å². The second-order valence-corrected chi connectivity index (χ2v) is 5.72. The zero-order chi connectivity index (χ0) is 14.0. The van der Waals surface area contributed by atoms with E-state index in [1.807, 2.05) is 6.07 Å². The number of rotatable bonds is 5. The molecule has 0 aromatic heterocycles. The molecular weight excluding hydrogens is 240 g/mol. The number of hydrogen-bond acceptors (Lipinski definition) is 4. The highest BCUT2D eigenvalue weighted by Crippen LogP contribution is 2.44. The van der Waals surface area contributed by atoms with Crippen LogP contribution < -0.4 is 14.8 Å². The smallest absolute Gasteiger partial charge is 0.162 e. The van der Waals surface area contributed by atoms with Crippen LogP contribution in [0.1, 0.15) is 18.9 Å². The van der Waals surface area contributed by atoms with Crippen LogP contribution in [-0.4, -0.2) is 46.3 Å². The average molecular weight is 264 g/mol. The highest BCUT2D eigenvalue weighted by Gasteiger charge is 2.35. The number of anilines is 1. The van der Waals surface area contributed by atoms with Crippen molar-refractivity contribution in [3.8, 4) is 11.5 Å². The van der Waals surface area contributed by atoms with Gasteiger partial charge in [0.2, 0.25) is 0 Å². The quantitative estimate of drug-likeness (QED) is 0.885. The standard InChI is InChI=1S/C15H24N2O2/c1-15(6-7-17(2)3)10-16-12-9-14(19-5)13(18-4)8-11(12)15/h8-9,16H,6-7,10H2,1-5H3. The van der Waals surface area contributed by atoms with Gasteiger partial charge in [0.1, 0.15) is 0 Å². The summed E-state index contributed by atoms with van der Waals surface area (Å²) in [4.78, 5) is 2.23. The Balaban J connectivity index is 2.33. The first-order valence-corrected chi connectivity index (χ1v) is 6.65. The van der Waals surface area contributed by atoms with Crippen molar-refractivity contribution in [3.63, 3.8) is 0 Å².